The van der Waals surface area contributed by atoms with E-state index in [1.807, 2.05) is 0 Å². The average molecular weight is 165 g/mol. The highest BCUT2D eigenvalue weighted by Gasteiger charge is 1.61. The molecule has 0 aromatic carbocycles. The molecule has 0 aliphatic heterocycles. The summed E-state index contributed by atoms with van der Waals surface area (Å²) < 4.78 is 0. The zero-order chi connectivity index (χ0) is 3.41. The fraction of sp³-hybridized carbons (Fsp3) is 1.00. The van der Waals surface area contributed by atoms with E-state index in [-0.39, 0.29) is 29.8 Å². The SMILES string of the molecule is Cl.ClCCCl.[AlH3]. The summed E-state index contributed by atoms with van der Waals surface area (Å²) in [5, 5.41) is 0. The summed E-state index contributed by atoms with van der Waals surface area (Å²) >= 11 is 10.1. The molecule has 0 aromatic heterocycles. The Balaban J connectivity index is -0.0000000450. The third kappa shape index (κ3) is 18.1. The van der Waals surface area contributed by atoms with Crippen LogP contribution < -0.4 is 0 Å². The van der Waals surface area contributed by atoms with Gasteiger partial charge in [-0.15, -0.1) is 35.6 Å². The molecule has 40 valence electrons. The van der Waals surface area contributed by atoms with Gasteiger partial charge in [-0.05, 0) is 0 Å². The van der Waals surface area contributed by atoms with E-state index in [1.165, 1.54) is 0 Å². The van der Waals surface area contributed by atoms with E-state index >= 15 is 0 Å². The molecule has 0 amide bonds. The van der Waals surface area contributed by atoms with Crippen LogP contribution in [0.1, 0.15) is 0 Å². The largest absolute Gasteiger partial charge is 0.187 e. The second-order valence-electron chi connectivity index (χ2n) is 0.378. The van der Waals surface area contributed by atoms with Gasteiger partial charge in [-0.3, -0.25) is 0 Å². The molecule has 0 unspecified atom stereocenters. The van der Waals surface area contributed by atoms with Gasteiger partial charge in [0.2, 0.25) is 0 Å². The summed E-state index contributed by atoms with van der Waals surface area (Å²) in [5.74, 6) is 1.11. The lowest BCUT2D eigenvalue weighted by molar-refractivity contribution is 1.52. The molecule has 0 spiro atoms. The molecular weight excluding hydrogens is 157 g/mol. The van der Waals surface area contributed by atoms with Crippen molar-refractivity contribution in [2.75, 3.05) is 11.8 Å². The number of hydrogen-bond donors (Lipinski definition) is 0. The third-order valence-electron chi connectivity index (χ3n) is 0.0714. The number of alkyl halides is 2. The van der Waals surface area contributed by atoms with E-state index in [1.54, 1.807) is 0 Å². The van der Waals surface area contributed by atoms with Gasteiger partial charge in [0, 0.05) is 11.8 Å². The zero-order valence-corrected chi connectivity index (χ0v) is 4.91. The Morgan fingerprint density at radius 3 is 1.17 bits per heavy atom. The van der Waals surface area contributed by atoms with Crippen LogP contribution in [0.2, 0.25) is 0 Å². The third-order valence-corrected chi connectivity index (χ3v) is 0.643. The fourth-order valence-corrected chi connectivity index (χ4v) is 0. The second-order valence-corrected chi connectivity index (χ2v) is 1.13. The molecule has 0 fully saturated rings. The van der Waals surface area contributed by atoms with Crippen molar-refractivity contribution in [1.82, 2.24) is 0 Å². The summed E-state index contributed by atoms with van der Waals surface area (Å²) in [6.45, 7) is 0. The molecule has 0 aromatic rings. The average Bonchev–Trinajstić information content (AvgIpc) is 1.37. The van der Waals surface area contributed by atoms with Crippen molar-refractivity contribution in [3.8, 4) is 0 Å². The maximum atomic E-state index is 5.05. The lowest BCUT2D eigenvalue weighted by Gasteiger charge is -1.63. The number of halogens is 3. The van der Waals surface area contributed by atoms with Crippen LogP contribution >= 0.6 is 35.6 Å². The summed E-state index contributed by atoms with van der Waals surface area (Å²) in [4.78, 5) is 0. The summed E-state index contributed by atoms with van der Waals surface area (Å²) in [7, 11) is 0. The fourth-order valence-electron chi connectivity index (χ4n) is 0. The Bertz CT molecular complexity index is 10.8. The van der Waals surface area contributed by atoms with Gasteiger partial charge < -0.3 is 0 Å². The Kier molecular flexibility index (Phi) is 42.1. The molecule has 0 saturated heterocycles. The maximum Gasteiger partial charge on any atom is 0.187 e. The monoisotopic (exact) mass is 164 g/mol. The van der Waals surface area contributed by atoms with Crippen LogP contribution in [0, 0.1) is 0 Å². The minimum atomic E-state index is 0. The van der Waals surface area contributed by atoms with Gasteiger partial charge in [-0.1, -0.05) is 0 Å². The highest BCUT2D eigenvalue weighted by molar-refractivity contribution is 6.25. The minimum absolute atomic E-state index is 0. The molecule has 0 atom stereocenters. The Morgan fingerprint density at radius 2 is 1.17 bits per heavy atom. The van der Waals surface area contributed by atoms with Crippen LogP contribution in [-0.2, 0) is 0 Å². The quantitative estimate of drug-likeness (QED) is 0.396. The van der Waals surface area contributed by atoms with E-state index in [0.29, 0.717) is 11.8 Å². The lowest BCUT2D eigenvalue weighted by atomic mass is 11.0. The highest BCUT2D eigenvalue weighted by Crippen LogP contribution is 1.75. The number of rotatable bonds is 1. The molecule has 0 aliphatic carbocycles. The molecule has 4 heteroatoms. The van der Waals surface area contributed by atoms with Gasteiger partial charge in [-0.2, -0.15) is 0 Å². The van der Waals surface area contributed by atoms with E-state index < -0.39 is 0 Å². The molecule has 0 rings (SSSR count). The van der Waals surface area contributed by atoms with Crippen molar-refractivity contribution in [2.45, 2.75) is 0 Å². The molecule has 0 radical (unpaired) electrons. The van der Waals surface area contributed by atoms with Gasteiger partial charge in [0.15, 0.2) is 17.4 Å². The Hall–Kier alpha value is 1.40. The molecule has 0 nitrogen and oxygen atoms in total. The normalized spacial score (nSPS) is 5.00. The minimum Gasteiger partial charge on any atom is -0.147 e. The van der Waals surface area contributed by atoms with Crippen LogP contribution in [0.3, 0.4) is 0 Å². The number of hydrogen-bond acceptors (Lipinski definition) is 0. The predicted octanol–water partition coefficient (Wildman–Crippen LogP) is 0.702. The molecule has 0 bridgehead atoms. The van der Waals surface area contributed by atoms with Gasteiger partial charge in [-0.25, -0.2) is 0 Å². The lowest BCUT2D eigenvalue weighted by Crippen LogP contribution is -1.63. The standard InChI is InChI=1S/C2H4Cl2.Al.ClH.3H/c3-1-2-4;;;;;/h1-2H2;;1H;;;. The van der Waals surface area contributed by atoms with Crippen LogP contribution in [0.4, 0.5) is 0 Å². The van der Waals surface area contributed by atoms with Gasteiger partial charge in [0.25, 0.3) is 0 Å². The highest BCUT2D eigenvalue weighted by atomic mass is 35.5. The van der Waals surface area contributed by atoms with Crippen LogP contribution in [0.25, 0.3) is 0 Å². The van der Waals surface area contributed by atoms with Crippen molar-refractivity contribution in [3.63, 3.8) is 0 Å². The second kappa shape index (κ2) is 16.1. The first-order valence-corrected chi connectivity index (χ1v) is 2.10. The molecular formula is C2H8AlCl3. The first-order valence-electron chi connectivity index (χ1n) is 1.03. The predicted molar refractivity (Wildman–Crippen MR) is 38.6 cm³/mol. The van der Waals surface area contributed by atoms with Gasteiger partial charge in [0.05, 0.1) is 0 Å². The zero-order valence-electron chi connectivity index (χ0n) is 2.58. The molecule has 0 heterocycles. The summed E-state index contributed by atoms with van der Waals surface area (Å²) in [6, 6.07) is 0. The van der Waals surface area contributed by atoms with E-state index in [4.69, 9.17) is 23.2 Å². The van der Waals surface area contributed by atoms with Gasteiger partial charge in [0.1, 0.15) is 0 Å². The van der Waals surface area contributed by atoms with E-state index in [9.17, 15) is 0 Å². The van der Waals surface area contributed by atoms with Crippen molar-refractivity contribution in [1.29, 1.82) is 0 Å². The van der Waals surface area contributed by atoms with Crippen molar-refractivity contribution >= 4 is 53.0 Å². The molecule has 0 N–H and O–H groups in total. The topological polar surface area (TPSA) is 0 Å². The molecule has 6 heavy (non-hydrogen) atoms. The van der Waals surface area contributed by atoms with E-state index in [2.05, 4.69) is 0 Å². The smallest absolute Gasteiger partial charge is 0.147 e. The summed E-state index contributed by atoms with van der Waals surface area (Å²) in [5.41, 5.74) is 0. The van der Waals surface area contributed by atoms with Crippen LogP contribution in [0.5, 0.6) is 0 Å². The van der Waals surface area contributed by atoms with E-state index in [0.717, 1.165) is 0 Å². The van der Waals surface area contributed by atoms with Crippen molar-refractivity contribution < 1.29 is 0 Å². The maximum absolute atomic E-state index is 5.05. The Labute approximate surface area is 64.7 Å². The Morgan fingerprint density at radius 1 is 1.00 bits per heavy atom. The molecule has 0 saturated carbocycles. The van der Waals surface area contributed by atoms with Gasteiger partial charge >= 0.3 is 0 Å². The van der Waals surface area contributed by atoms with Crippen LogP contribution in [0.15, 0.2) is 0 Å². The molecule has 0 aliphatic rings. The van der Waals surface area contributed by atoms with Crippen molar-refractivity contribution in [3.05, 3.63) is 0 Å². The summed E-state index contributed by atoms with van der Waals surface area (Å²) in [6.07, 6.45) is 0. The van der Waals surface area contributed by atoms with Crippen molar-refractivity contribution in [2.24, 2.45) is 0 Å². The first kappa shape index (κ1) is 15.7. The first-order chi connectivity index (χ1) is 1.91. The van der Waals surface area contributed by atoms with Crippen LogP contribution in [-0.4, -0.2) is 29.1 Å².